The van der Waals surface area contributed by atoms with Crippen molar-refractivity contribution >= 4 is 6.34 Å². The molecule has 1 aromatic heterocycles. The van der Waals surface area contributed by atoms with Gasteiger partial charge in [-0.2, -0.15) is 11.6 Å². The second-order valence-electron chi connectivity index (χ2n) is 2.99. The zero-order valence-electron chi connectivity index (χ0n) is 8.78. The van der Waals surface area contributed by atoms with Crippen LogP contribution in [0.15, 0.2) is 17.3 Å². The van der Waals surface area contributed by atoms with Crippen LogP contribution in [0.1, 0.15) is 11.3 Å². The summed E-state index contributed by atoms with van der Waals surface area (Å²) >= 11 is 0. The quantitative estimate of drug-likeness (QED) is 0.354. The summed E-state index contributed by atoms with van der Waals surface area (Å²) in [6, 6.07) is 5.03. The number of pyridine rings is 1. The summed E-state index contributed by atoms with van der Waals surface area (Å²) in [6.45, 7) is 2.53. The molecular formula is C10H13N3Y-2. The van der Waals surface area contributed by atoms with E-state index >= 15 is 0 Å². The van der Waals surface area contributed by atoms with Gasteiger partial charge in [0.2, 0.25) is 0 Å². The smallest absolute Gasteiger partial charge is 0 e. The van der Waals surface area contributed by atoms with E-state index in [0.717, 1.165) is 11.3 Å². The largest absolute Gasteiger partial charge is 0.542 e. The van der Waals surface area contributed by atoms with Gasteiger partial charge in [-0.3, -0.25) is 6.34 Å². The maximum Gasteiger partial charge on any atom is 0 e. The van der Waals surface area contributed by atoms with Gasteiger partial charge in [0.15, 0.2) is 0 Å². The molecule has 0 saturated carbocycles. The molecule has 0 aliphatic rings. The SMILES string of the molecule is Cc1[c-]c(CN=[C-]N(C)C)ccn1.[Y]. The number of aromatic nitrogens is 1. The van der Waals surface area contributed by atoms with Crippen molar-refractivity contribution in [3.63, 3.8) is 0 Å². The summed E-state index contributed by atoms with van der Waals surface area (Å²) in [7, 11) is 3.79. The van der Waals surface area contributed by atoms with Crippen molar-refractivity contribution in [2.24, 2.45) is 4.99 Å². The first-order valence-electron chi connectivity index (χ1n) is 4.12. The van der Waals surface area contributed by atoms with Crippen molar-refractivity contribution in [1.82, 2.24) is 9.88 Å². The molecule has 0 N–H and O–H groups in total. The molecule has 0 saturated heterocycles. The van der Waals surface area contributed by atoms with Crippen LogP contribution >= 0.6 is 0 Å². The monoisotopic (exact) mass is 264 g/mol. The first-order chi connectivity index (χ1) is 6.18. The van der Waals surface area contributed by atoms with E-state index in [9.17, 15) is 0 Å². The van der Waals surface area contributed by atoms with Crippen molar-refractivity contribution in [3.05, 3.63) is 29.6 Å². The number of aryl methyl sites for hydroxylation is 1. The second kappa shape index (κ2) is 7.07. The molecule has 73 valence electrons. The van der Waals surface area contributed by atoms with Crippen LogP contribution in [0.25, 0.3) is 0 Å². The summed E-state index contributed by atoms with van der Waals surface area (Å²) in [5.41, 5.74) is 1.94. The summed E-state index contributed by atoms with van der Waals surface area (Å²) in [5.74, 6) is 0. The first kappa shape index (κ1) is 13.7. The molecule has 1 radical (unpaired) electrons. The van der Waals surface area contributed by atoms with Gasteiger partial charge in [0.1, 0.15) is 0 Å². The van der Waals surface area contributed by atoms with E-state index in [4.69, 9.17) is 0 Å². The Bertz CT molecular complexity index is 297. The number of aliphatic imine (C=N–C) groups is 1. The van der Waals surface area contributed by atoms with Gasteiger partial charge in [0, 0.05) is 32.7 Å². The van der Waals surface area contributed by atoms with E-state index in [1.807, 2.05) is 27.1 Å². The van der Waals surface area contributed by atoms with Crippen molar-refractivity contribution in [2.75, 3.05) is 14.1 Å². The van der Waals surface area contributed by atoms with Crippen molar-refractivity contribution in [2.45, 2.75) is 13.5 Å². The van der Waals surface area contributed by atoms with Crippen LogP contribution in [0.2, 0.25) is 0 Å². The Morgan fingerprint density at radius 1 is 1.57 bits per heavy atom. The summed E-state index contributed by atoms with van der Waals surface area (Å²) in [5, 5.41) is 0. The summed E-state index contributed by atoms with van der Waals surface area (Å²) < 4.78 is 0. The molecule has 14 heavy (non-hydrogen) atoms. The number of hydrogen-bond donors (Lipinski definition) is 0. The zero-order chi connectivity index (χ0) is 9.68. The summed E-state index contributed by atoms with van der Waals surface area (Å²) in [6.07, 6.45) is 4.60. The third-order valence-electron chi connectivity index (χ3n) is 1.41. The second-order valence-corrected chi connectivity index (χ2v) is 2.99. The van der Waals surface area contributed by atoms with E-state index < -0.39 is 0 Å². The van der Waals surface area contributed by atoms with Gasteiger partial charge >= 0.3 is 0 Å². The maximum absolute atomic E-state index is 4.10. The Morgan fingerprint density at radius 2 is 2.29 bits per heavy atom. The van der Waals surface area contributed by atoms with Crippen LogP contribution in [-0.2, 0) is 39.3 Å². The third kappa shape index (κ3) is 5.45. The minimum atomic E-state index is 0. The zero-order valence-corrected chi connectivity index (χ0v) is 11.6. The number of rotatable bonds is 3. The average molecular weight is 264 g/mol. The molecule has 1 aromatic rings. The Balaban J connectivity index is 0.00000169. The van der Waals surface area contributed by atoms with Crippen molar-refractivity contribution < 1.29 is 32.7 Å². The molecule has 4 heteroatoms. The average Bonchev–Trinajstić information content (AvgIpc) is 2.03. The van der Waals surface area contributed by atoms with E-state index in [2.05, 4.69) is 22.4 Å². The molecule has 1 rings (SSSR count). The topological polar surface area (TPSA) is 28.5 Å². The minimum Gasteiger partial charge on any atom is -0.542 e. The fraction of sp³-hybridized carbons (Fsp3) is 0.400. The van der Waals surface area contributed by atoms with Gasteiger partial charge < -0.3 is 14.9 Å². The molecule has 3 nitrogen and oxygen atoms in total. The molecule has 1 heterocycles. The van der Waals surface area contributed by atoms with Crippen LogP contribution in [0.3, 0.4) is 0 Å². The van der Waals surface area contributed by atoms with Crippen LogP contribution in [-0.4, -0.2) is 30.3 Å². The van der Waals surface area contributed by atoms with Gasteiger partial charge in [0.05, 0.1) is 0 Å². The molecule has 0 atom stereocenters. The van der Waals surface area contributed by atoms with Gasteiger partial charge in [-0.05, 0) is 27.6 Å². The molecule has 0 unspecified atom stereocenters. The molecule has 0 aromatic carbocycles. The number of nitrogens with zero attached hydrogens (tertiary/aromatic N) is 3. The van der Waals surface area contributed by atoms with Crippen molar-refractivity contribution in [1.29, 1.82) is 0 Å². The van der Waals surface area contributed by atoms with E-state index in [0.29, 0.717) is 6.54 Å². The van der Waals surface area contributed by atoms with E-state index in [-0.39, 0.29) is 32.7 Å². The fourth-order valence-electron chi connectivity index (χ4n) is 0.900. The molecule has 0 bridgehead atoms. The Kier molecular flexibility index (Phi) is 6.93. The molecule has 0 aliphatic carbocycles. The van der Waals surface area contributed by atoms with Crippen LogP contribution in [0.5, 0.6) is 0 Å². The third-order valence-corrected chi connectivity index (χ3v) is 1.41. The normalized spacial score (nSPS) is 9.93. The van der Waals surface area contributed by atoms with Crippen LogP contribution < -0.4 is 0 Å². The van der Waals surface area contributed by atoms with Crippen LogP contribution in [0, 0.1) is 13.0 Å². The van der Waals surface area contributed by atoms with Gasteiger partial charge in [-0.1, -0.05) is 11.9 Å². The predicted octanol–water partition coefficient (Wildman–Crippen LogP) is 1.15. The Labute approximate surface area is 111 Å². The first-order valence-corrected chi connectivity index (χ1v) is 4.12. The predicted molar refractivity (Wildman–Crippen MR) is 52.6 cm³/mol. The van der Waals surface area contributed by atoms with Crippen molar-refractivity contribution in [3.8, 4) is 0 Å². The van der Waals surface area contributed by atoms with Gasteiger partial charge in [-0.25, -0.2) is 6.07 Å². The van der Waals surface area contributed by atoms with Crippen LogP contribution in [0.4, 0.5) is 0 Å². The molecule has 0 fully saturated rings. The van der Waals surface area contributed by atoms with E-state index in [1.165, 1.54) is 0 Å². The van der Waals surface area contributed by atoms with E-state index in [1.54, 1.807) is 11.1 Å². The summed E-state index contributed by atoms with van der Waals surface area (Å²) in [4.78, 5) is 9.94. The standard InChI is InChI=1S/C10H13N3.Y/c1-9-6-10(4-5-12-9)7-11-8-13(2)3;/h4-5H,7H2,1-3H3;/q-2;. The van der Waals surface area contributed by atoms with Gasteiger partial charge in [-0.15, -0.1) is 0 Å². The Hall–Kier alpha value is -0.276. The molecule has 0 aliphatic heterocycles. The molecule has 0 spiro atoms. The maximum atomic E-state index is 4.10. The Morgan fingerprint density at radius 3 is 2.86 bits per heavy atom. The minimum absolute atomic E-state index is 0. The number of hydrogen-bond acceptors (Lipinski definition) is 2. The molecular weight excluding hydrogens is 251 g/mol. The fourth-order valence-corrected chi connectivity index (χ4v) is 0.900. The molecule has 0 amide bonds. The van der Waals surface area contributed by atoms with Gasteiger partial charge in [0.25, 0.3) is 0 Å².